The Labute approximate surface area is 337 Å². The van der Waals surface area contributed by atoms with Crippen molar-refractivity contribution >= 4 is 45.9 Å². The fourth-order valence-corrected chi connectivity index (χ4v) is 5.67. The van der Waals surface area contributed by atoms with Crippen molar-refractivity contribution in [1.29, 1.82) is 0 Å². The fourth-order valence-electron chi connectivity index (χ4n) is 5.67. The van der Waals surface area contributed by atoms with Crippen LogP contribution in [0.25, 0.3) is 22.3 Å². The topological polar surface area (TPSA) is 210 Å². The van der Waals surface area contributed by atoms with E-state index in [4.69, 9.17) is 20.9 Å². The lowest BCUT2D eigenvalue weighted by molar-refractivity contribution is -0.140. The molecule has 60 heavy (non-hydrogen) atoms. The van der Waals surface area contributed by atoms with Crippen LogP contribution in [0.15, 0.2) is 61.2 Å². The predicted molar refractivity (Wildman–Crippen MR) is 204 cm³/mol. The lowest BCUT2D eigenvalue weighted by Gasteiger charge is -2.09. The summed E-state index contributed by atoms with van der Waals surface area (Å²) >= 11 is 0. The van der Waals surface area contributed by atoms with Crippen molar-refractivity contribution in [3.63, 3.8) is 0 Å². The van der Waals surface area contributed by atoms with E-state index >= 15 is 0 Å². The number of nitrogens with zero attached hydrogens (tertiary/aromatic N) is 8. The van der Waals surface area contributed by atoms with Gasteiger partial charge >= 0.3 is 36.3 Å². The first-order chi connectivity index (χ1) is 28.5. The van der Waals surface area contributed by atoms with E-state index in [-0.39, 0.29) is 74.5 Å². The van der Waals surface area contributed by atoms with Gasteiger partial charge in [-0.15, -0.1) is 0 Å². The van der Waals surface area contributed by atoms with Crippen LogP contribution >= 0.6 is 0 Å². The first-order valence-corrected chi connectivity index (χ1v) is 18.1. The smallest absolute Gasteiger partial charge is 0.389 e. The number of carbonyl (C=O) groups excluding carboxylic acids is 2. The molecule has 0 atom stereocenters. The Morgan fingerprint density at radius 3 is 1.37 bits per heavy atom. The number of hydrogen-bond acceptors (Lipinski definition) is 14. The van der Waals surface area contributed by atoms with Gasteiger partial charge in [0.2, 0.25) is 0 Å². The average Bonchev–Trinajstić information content (AvgIpc) is 3.79. The van der Waals surface area contributed by atoms with Gasteiger partial charge < -0.3 is 39.5 Å². The van der Waals surface area contributed by atoms with Crippen molar-refractivity contribution in [3.05, 3.63) is 83.4 Å². The predicted octanol–water partition coefficient (Wildman–Crippen LogP) is 5.79. The highest BCUT2D eigenvalue weighted by atomic mass is 19.4. The second kappa shape index (κ2) is 19.8. The van der Waals surface area contributed by atoms with Gasteiger partial charge in [0.1, 0.15) is 0 Å². The molecule has 0 radical (unpaired) electrons. The Hall–Kier alpha value is -6.74. The maximum atomic E-state index is 12.2. The molecule has 4 heterocycles. The molecule has 22 heteroatoms. The second-order valence-electron chi connectivity index (χ2n) is 13.2. The molecule has 16 nitrogen and oxygen atoms in total. The molecule has 0 amide bonds. The summed E-state index contributed by atoms with van der Waals surface area (Å²) in [6.07, 6.45) is -7.43. The highest BCUT2D eigenvalue weighted by molar-refractivity contribution is 5.82. The molecule has 0 aliphatic heterocycles. The van der Waals surface area contributed by atoms with Crippen LogP contribution in [0.5, 0.6) is 12.0 Å². The van der Waals surface area contributed by atoms with Gasteiger partial charge in [-0.3, -0.25) is 9.59 Å². The maximum absolute atomic E-state index is 12.2. The van der Waals surface area contributed by atoms with E-state index in [1.165, 1.54) is 26.9 Å². The molecule has 0 bridgehead atoms. The van der Waals surface area contributed by atoms with Crippen molar-refractivity contribution in [1.82, 2.24) is 39.0 Å². The molecular formula is C38H40F6N10O6. The lowest BCUT2D eigenvalue weighted by Crippen LogP contribution is -2.11. The zero-order valence-corrected chi connectivity index (χ0v) is 32.3. The molecule has 6 rings (SSSR count). The number of hydrogen-bond donors (Lipinski definition) is 2. The Morgan fingerprint density at radius 2 is 1.00 bits per heavy atom. The van der Waals surface area contributed by atoms with Crippen molar-refractivity contribution in [2.24, 2.45) is 0 Å². The van der Waals surface area contributed by atoms with E-state index in [9.17, 15) is 35.9 Å². The van der Waals surface area contributed by atoms with Crippen LogP contribution in [0.4, 0.5) is 38.0 Å². The third-order valence-electron chi connectivity index (χ3n) is 8.45. The maximum Gasteiger partial charge on any atom is 0.389 e. The number of esters is 2. The third kappa shape index (κ3) is 13.1. The number of nitrogen functional groups attached to an aromatic ring is 2. The molecule has 6 aromatic rings. The largest absolute Gasteiger partial charge is 0.469 e. The number of anilines is 2. The minimum atomic E-state index is -4.24. The normalized spacial score (nSPS) is 11.6. The molecule has 0 unspecified atom stereocenters. The van der Waals surface area contributed by atoms with Crippen molar-refractivity contribution in [2.45, 2.75) is 64.0 Å². The minimum absolute atomic E-state index is 0.0732. The van der Waals surface area contributed by atoms with Crippen LogP contribution in [0.3, 0.4) is 0 Å². The van der Waals surface area contributed by atoms with Crippen LogP contribution in [0.2, 0.25) is 0 Å². The number of methoxy groups -OCH3 is 2. The van der Waals surface area contributed by atoms with Gasteiger partial charge in [0.05, 0.1) is 66.0 Å². The first-order valence-electron chi connectivity index (χ1n) is 18.1. The minimum Gasteiger partial charge on any atom is -0.469 e. The SMILES string of the molecule is COC(=O)Cc1cccc(Cn2cnc3c(N)nc(OCCCC(F)(F)F)nc32)c1.COC(=O)Cc1cccc(Cn2cnc3c(N)nc(OCCCC(F)(F)F)nc32)c1. The van der Waals surface area contributed by atoms with Crippen molar-refractivity contribution < 1.29 is 54.9 Å². The molecule has 4 N–H and O–H groups in total. The number of aromatic nitrogens is 8. The van der Waals surface area contributed by atoms with Gasteiger partial charge in [-0.2, -0.15) is 46.3 Å². The number of rotatable bonds is 16. The molecule has 0 spiro atoms. The molecule has 2 aromatic carbocycles. The van der Waals surface area contributed by atoms with Gasteiger partial charge in [0.25, 0.3) is 0 Å². The van der Waals surface area contributed by atoms with Crippen LogP contribution in [-0.4, -0.2) is 90.8 Å². The van der Waals surface area contributed by atoms with Gasteiger partial charge in [0, 0.05) is 12.8 Å². The molecule has 0 saturated heterocycles. The number of fused-ring (bicyclic) bond motifs is 2. The molecule has 320 valence electrons. The highest BCUT2D eigenvalue weighted by Crippen LogP contribution is 2.25. The van der Waals surface area contributed by atoms with Crippen molar-refractivity contribution in [3.8, 4) is 12.0 Å². The zero-order valence-electron chi connectivity index (χ0n) is 32.3. The lowest BCUT2D eigenvalue weighted by atomic mass is 10.1. The summed E-state index contributed by atoms with van der Waals surface area (Å²) in [5, 5.41) is 0. The number of alkyl halides is 6. The van der Waals surface area contributed by atoms with E-state index in [1.54, 1.807) is 9.13 Å². The van der Waals surface area contributed by atoms with Crippen LogP contribution in [0, 0.1) is 0 Å². The Bertz CT molecular complexity index is 2240. The molecular weight excluding hydrogens is 806 g/mol. The van der Waals surface area contributed by atoms with Crippen LogP contribution < -0.4 is 20.9 Å². The second-order valence-corrected chi connectivity index (χ2v) is 13.2. The Kier molecular flexibility index (Phi) is 14.6. The number of ether oxygens (including phenoxy) is 4. The summed E-state index contributed by atoms with van der Waals surface area (Å²) in [6, 6.07) is 14.6. The molecule has 0 fully saturated rings. The van der Waals surface area contributed by atoms with Gasteiger partial charge in [-0.05, 0) is 35.1 Å². The van der Waals surface area contributed by atoms with Gasteiger partial charge in [-0.25, -0.2) is 9.97 Å². The van der Waals surface area contributed by atoms with Crippen molar-refractivity contribution in [2.75, 3.05) is 38.9 Å². The Morgan fingerprint density at radius 1 is 0.617 bits per heavy atom. The fraction of sp³-hybridized carbons (Fsp3) is 0.368. The summed E-state index contributed by atoms with van der Waals surface area (Å²) in [7, 11) is 2.66. The quantitative estimate of drug-likeness (QED) is 0.0672. The highest BCUT2D eigenvalue weighted by Gasteiger charge is 2.27. The van der Waals surface area contributed by atoms with Crippen LogP contribution in [0.1, 0.15) is 47.9 Å². The summed E-state index contributed by atoms with van der Waals surface area (Å²) in [5.41, 5.74) is 16.7. The van der Waals surface area contributed by atoms with Gasteiger partial charge in [0.15, 0.2) is 34.0 Å². The number of benzene rings is 2. The van der Waals surface area contributed by atoms with E-state index in [1.807, 2.05) is 48.5 Å². The number of imidazole rings is 2. The molecule has 0 aliphatic carbocycles. The van der Waals surface area contributed by atoms with Crippen LogP contribution in [-0.2, 0) is 45.0 Å². The van der Waals surface area contributed by atoms with E-state index in [2.05, 4.69) is 39.4 Å². The number of carbonyl (C=O) groups is 2. The zero-order chi connectivity index (χ0) is 43.5. The summed E-state index contributed by atoms with van der Waals surface area (Å²) in [6.45, 7) is 0.396. The van der Waals surface area contributed by atoms with E-state index in [0.717, 1.165) is 22.3 Å². The average molecular weight is 847 g/mol. The monoisotopic (exact) mass is 846 g/mol. The summed E-state index contributed by atoms with van der Waals surface area (Å²) < 4.78 is 96.8. The van der Waals surface area contributed by atoms with Gasteiger partial charge in [-0.1, -0.05) is 48.5 Å². The molecule has 0 aliphatic rings. The number of halogens is 6. The van der Waals surface area contributed by atoms with E-state index < -0.39 is 25.2 Å². The first kappa shape index (κ1) is 44.4. The standard InChI is InChI=1S/2C19H20F3N5O3/c2*1-29-14(28)9-12-4-2-5-13(8-12)10-27-11-24-15-16(23)25-18(26-17(15)27)30-7-3-6-19(20,21)22/h2*2,4-5,8,11H,3,6-7,9-10H2,1H3,(H2,23,25,26). The Balaban J connectivity index is 0.000000228. The number of nitrogens with two attached hydrogens (primary N) is 2. The van der Waals surface area contributed by atoms with E-state index in [0.29, 0.717) is 35.4 Å². The summed E-state index contributed by atoms with van der Waals surface area (Å²) in [5.74, 6) is -0.533. The molecule has 0 saturated carbocycles. The third-order valence-corrected chi connectivity index (χ3v) is 8.45. The molecule has 4 aromatic heterocycles. The summed E-state index contributed by atoms with van der Waals surface area (Å²) in [4.78, 5) is 47.7.